The van der Waals surface area contributed by atoms with Crippen molar-refractivity contribution >= 4 is 17.9 Å². The van der Waals surface area contributed by atoms with E-state index in [1.165, 1.54) is 20.3 Å². The normalized spacial score (nSPS) is 14.4. The Morgan fingerprint density at radius 1 is 1.38 bits per heavy atom. The summed E-state index contributed by atoms with van der Waals surface area (Å²) in [5.41, 5.74) is 0.575. The Balaban J connectivity index is 2.71. The van der Waals surface area contributed by atoms with Gasteiger partial charge in [-0.2, -0.15) is 0 Å². The van der Waals surface area contributed by atoms with E-state index in [0.29, 0.717) is 5.57 Å². The molecule has 0 radical (unpaired) electrons. The van der Waals surface area contributed by atoms with E-state index in [2.05, 4.69) is 14.2 Å². The first-order valence-electron chi connectivity index (χ1n) is 4.60. The first-order valence-corrected chi connectivity index (χ1v) is 4.60. The van der Waals surface area contributed by atoms with Crippen molar-refractivity contribution in [1.29, 1.82) is 0 Å². The van der Waals surface area contributed by atoms with E-state index >= 15 is 0 Å². The summed E-state index contributed by atoms with van der Waals surface area (Å²) < 4.78 is 13.6. The van der Waals surface area contributed by atoms with E-state index in [-0.39, 0.29) is 13.0 Å². The molecule has 0 aromatic carbocycles. The highest BCUT2D eigenvalue weighted by molar-refractivity contribution is 5.95. The zero-order valence-electron chi connectivity index (χ0n) is 9.02. The monoisotopic (exact) mass is 228 g/mol. The van der Waals surface area contributed by atoms with Crippen LogP contribution in [0.3, 0.4) is 0 Å². The van der Waals surface area contributed by atoms with E-state index in [9.17, 15) is 14.4 Å². The van der Waals surface area contributed by atoms with E-state index in [0.717, 1.165) is 0 Å². The minimum absolute atomic E-state index is 0.0745. The summed E-state index contributed by atoms with van der Waals surface area (Å²) in [6, 6.07) is 0. The number of carbonyl (C=O) groups is 3. The summed E-state index contributed by atoms with van der Waals surface area (Å²) >= 11 is 0. The second kappa shape index (κ2) is 5.29. The molecule has 0 saturated carbocycles. The Hall–Kier alpha value is -1.85. The lowest BCUT2D eigenvalue weighted by Gasteiger charge is -2.11. The van der Waals surface area contributed by atoms with Gasteiger partial charge in [-0.25, -0.2) is 4.79 Å². The van der Waals surface area contributed by atoms with E-state index in [4.69, 9.17) is 0 Å². The molecule has 1 rings (SSSR count). The minimum atomic E-state index is -1.05. The Morgan fingerprint density at radius 2 is 1.94 bits per heavy atom. The molecule has 0 bridgehead atoms. The lowest BCUT2D eigenvalue weighted by atomic mass is 10.0. The number of ether oxygens (including phenoxy) is 3. The molecule has 0 aromatic rings. The maximum atomic E-state index is 11.3. The van der Waals surface area contributed by atoms with E-state index in [1.807, 2.05) is 0 Å². The summed E-state index contributed by atoms with van der Waals surface area (Å²) in [5, 5.41) is 0. The van der Waals surface area contributed by atoms with Crippen LogP contribution in [0, 0.1) is 5.92 Å². The lowest BCUT2D eigenvalue weighted by molar-refractivity contribution is -0.158. The molecular weight excluding hydrogens is 216 g/mol. The molecule has 0 amide bonds. The molecule has 6 nitrogen and oxygen atoms in total. The summed E-state index contributed by atoms with van der Waals surface area (Å²) in [7, 11) is 2.37. The van der Waals surface area contributed by atoms with Gasteiger partial charge in [-0.15, -0.1) is 0 Å². The van der Waals surface area contributed by atoms with Crippen molar-refractivity contribution in [2.45, 2.75) is 6.42 Å². The van der Waals surface area contributed by atoms with Crippen LogP contribution in [0.25, 0.3) is 0 Å². The fraction of sp³-hybridized carbons (Fsp3) is 0.500. The molecule has 0 aliphatic carbocycles. The Bertz CT molecular complexity index is 327. The topological polar surface area (TPSA) is 78.9 Å². The van der Waals surface area contributed by atoms with Crippen molar-refractivity contribution in [1.82, 2.24) is 0 Å². The SMILES string of the molecule is COC(=O)C(CC1=CC(=O)OC1)C(=O)OC. The van der Waals surface area contributed by atoms with Crippen LogP contribution in [-0.2, 0) is 28.6 Å². The van der Waals surface area contributed by atoms with Gasteiger partial charge in [-0.3, -0.25) is 9.59 Å². The van der Waals surface area contributed by atoms with Gasteiger partial charge in [0, 0.05) is 6.08 Å². The van der Waals surface area contributed by atoms with Crippen molar-refractivity contribution in [3.05, 3.63) is 11.6 Å². The molecule has 1 heterocycles. The van der Waals surface area contributed by atoms with Gasteiger partial charge < -0.3 is 14.2 Å². The zero-order valence-corrected chi connectivity index (χ0v) is 9.02. The maximum Gasteiger partial charge on any atom is 0.331 e. The first-order chi connectivity index (χ1) is 7.58. The van der Waals surface area contributed by atoms with Gasteiger partial charge in [-0.05, 0) is 12.0 Å². The summed E-state index contributed by atoms with van der Waals surface area (Å²) in [5.74, 6) is -2.89. The third-order valence-corrected chi connectivity index (χ3v) is 2.16. The summed E-state index contributed by atoms with van der Waals surface area (Å²) in [4.78, 5) is 33.4. The molecule has 0 unspecified atom stereocenters. The van der Waals surface area contributed by atoms with Gasteiger partial charge >= 0.3 is 17.9 Å². The van der Waals surface area contributed by atoms with Crippen molar-refractivity contribution in [2.24, 2.45) is 5.92 Å². The van der Waals surface area contributed by atoms with Gasteiger partial charge in [0.2, 0.25) is 0 Å². The smallest absolute Gasteiger partial charge is 0.331 e. The van der Waals surface area contributed by atoms with Crippen LogP contribution < -0.4 is 0 Å². The molecule has 0 N–H and O–H groups in total. The van der Waals surface area contributed by atoms with E-state index < -0.39 is 23.8 Å². The number of carbonyl (C=O) groups excluding carboxylic acids is 3. The van der Waals surface area contributed by atoms with Crippen LogP contribution in [0.4, 0.5) is 0 Å². The van der Waals surface area contributed by atoms with Crippen molar-refractivity contribution in [3.63, 3.8) is 0 Å². The number of methoxy groups -OCH3 is 2. The fourth-order valence-corrected chi connectivity index (χ4v) is 1.34. The molecule has 6 heteroatoms. The fourth-order valence-electron chi connectivity index (χ4n) is 1.34. The van der Waals surface area contributed by atoms with Gasteiger partial charge in [0.25, 0.3) is 0 Å². The van der Waals surface area contributed by atoms with Gasteiger partial charge in [0.1, 0.15) is 6.61 Å². The molecule has 1 aliphatic rings. The number of hydrogen-bond acceptors (Lipinski definition) is 6. The average molecular weight is 228 g/mol. The highest BCUT2D eigenvalue weighted by Gasteiger charge is 2.31. The van der Waals surface area contributed by atoms with Crippen molar-refractivity contribution in [2.75, 3.05) is 20.8 Å². The Labute approximate surface area is 92.2 Å². The third-order valence-electron chi connectivity index (χ3n) is 2.16. The van der Waals surface area contributed by atoms with Crippen molar-refractivity contribution in [3.8, 4) is 0 Å². The van der Waals surface area contributed by atoms with Crippen LogP contribution in [-0.4, -0.2) is 38.7 Å². The highest BCUT2D eigenvalue weighted by Crippen LogP contribution is 2.18. The molecule has 0 aromatic heterocycles. The molecule has 0 spiro atoms. The molecule has 0 saturated heterocycles. The van der Waals surface area contributed by atoms with Crippen molar-refractivity contribution < 1.29 is 28.6 Å². The first kappa shape index (κ1) is 12.2. The second-order valence-electron chi connectivity index (χ2n) is 3.21. The van der Waals surface area contributed by atoms with E-state index in [1.54, 1.807) is 0 Å². The minimum Gasteiger partial charge on any atom is -0.468 e. The summed E-state index contributed by atoms with van der Waals surface area (Å²) in [6.07, 6.45) is 1.34. The van der Waals surface area contributed by atoms with Crippen LogP contribution in [0.15, 0.2) is 11.6 Å². The molecule has 1 aliphatic heterocycles. The molecule has 0 fully saturated rings. The van der Waals surface area contributed by atoms with Crippen LogP contribution in [0.2, 0.25) is 0 Å². The largest absolute Gasteiger partial charge is 0.468 e. The highest BCUT2D eigenvalue weighted by atomic mass is 16.5. The molecular formula is C10H12O6. The van der Waals surface area contributed by atoms with Gasteiger partial charge in [-0.1, -0.05) is 0 Å². The Morgan fingerprint density at radius 3 is 2.31 bits per heavy atom. The predicted molar refractivity (Wildman–Crippen MR) is 51.2 cm³/mol. The number of rotatable bonds is 4. The molecule has 16 heavy (non-hydrogen) atoms. The number of hydrogen-bond donors (Lipinski definition) is 0. The molecule has 0 atom stereocenters. The van der Waals surface area contributed by atoms with Gasteiger partial charge in [0.15, 0.2) is 5.92 Å². The average Bonchev–Trinajstić information content (AvgIpc) is 2.69. The number of esters is 3. The number of cyclic esters (lactones) is 1. The standard InChI is InChI=1S/C10H12O6/c1-14-9(12)7(10(13)15-2)3-6-4-8(11)16-5-6/h4,7H,3,5H2,1-2H3. The summed E-state index contributed by atoms with van der Waals surface area (Å²) in [6.45, 7) is 0.101. The van der Waals surface area contributed by atoms with Gasteiger partial charge in [0.05, 0.1) is 14.2 Å². The maximum absolute atomic E-state index is 11.3. The quantitative estimate of drug-likeness (QED) is 0.377. The van der Waals surface area contributed by atoms with Crippen LogP contribution in [0.1, 0.15) is 6.42 Å². The Kier molecular flexibility index (Phi) is 4.04. The lowest BCUT2D eigenvalue weighted by Crippen LogP contribution is -2.27. The molecule has 88 valence electrons. The third kappa shape index (κ3) is 2.82. The van der Waals surface area contributed by atoms with Crippen LogP contribution in [0.5, 0.6) is 0 Å². The zero-order chi connectivity index (χ0) is 12.1. The second-order valence-corrected chi connectivity index (χ2v) is 3.21. The van der Waals surface area contributed by atoms with Crippen LogP contribution >= 0.6 is 0 Å². The predicted octanol–water partition coefficient (Wildman–Crippen LogP) is -0.178.